The number of nitrogens with one attached hydrogen (secondary N) is 1. The SMILES string of the molecule is Cn1nc(CC(=O)C2CCCCCN2)c2ccccc21. The predicted molar refractivity (Wildman–Crippen MR) is 79.7 cm³/mol. The van der Waals surface area contributed by atoms with Crippen LogP contribution in [0.1, 0.15) is 31.4 Å². The molecule has 2 heterocycles. The third kappa shape index (κ3) is 2.61. The fourth-order valence-corrected chi connectivity index (χ4v) is 3.01. The smallest absolute Gasteiger partial charge is 0.155 e. The topological polar surface area (TPSA) is 46.9 Å². The lowest BCUT2D eigenvalue weighted by molar-refractivity contribution is -0.120. The number of carbonyl (C=O) groups excluding carboxylic acids is 1. The van der Waals surface area contributed by atoms with E-state index in [0.29, 0.717) is 6.42 Å². The fraction of sp³-hybridized carbons (Fsp3) is 0.500. The van der Waals surface area contributed by atoms with Crippen molar-refractivity contribution in [3.05, 3.63) is 30.0 Å². The van der Waals surface area contributed by atoms with Crippen molar-refractivity contribution >= 4 is 16.7 Å². The third-order valence-electron chi connectivity index (χ3n) is 4.12. The summed E-state index contributed by atoms with van der Waals surface area (Å²) in [5, 5.41) is 8.98. The molecule has 1 unspecified atom stereocenters. The molecule has 20 heavy (non-hydrogen) atoms. The van der Waals surface area contributed by atoms with E-state index in [1.165, 1.54) is 12.8 Å². The number of para-hydroxylation sites is 1. The summed E-state index contributed by atoms with van der Waals surface area (Å²) in [6, 6.07) is 8.11. The van der Waals surface area contributed by atoms with Crippen LogP contribution in [0.25, 0.3) is 10.9 Å². The van der Waals surface area contributed by atoms with E-state index < -0.39 is 0 Å². The second-order valence-electron chi connectivity index (χ2n) is 5.59. The van der Waals surface area contributed by atoms with E-state index in [4.69, 9.17) is 0 Å². The lowest BCUT2D eigenvalue weighted by Gasteiger charge is -2.13. The molecule has 0 saturated carbocycles. The Bertz CT molecular complexity index is 609. The summed E-state index contributed by atoms with van der Waals surface area (Å²) >= 11 is 0. The number of rotatable bonds is 3. The zero-order valence-corrected chi connectivity index (χ0v) is 11.9. The molecule has 4 heteroatoms. The van der Waals surface area contributed by atoms with Crippen molar-refractivity contribution in [2.75, 3.05) is 6.54 Å². The quantitative estimate of drug-likeness (QED) is 0.931. The molecule has 1 atom stereocenters. The molecule has 1 aliphatic heterocycles. The standard InChI is InChI=1S/C16H21N3O/c1-19-15-9-5-4-7-12(15)14(18-19)11-16(20)13-8-3-2-6-10-17-13/h4-5,7,9,13,17H,2-3,6,8,10-11H2,1H3. The third-order valence-corrected chi connectivity index (χ3v) is 4.12. The number of aromatic nitrogens is 2. The Labute approximate surface area is 119 Å². The van der Waals surface area contributed by atoms with Crippen LogP contribution in [0, 0.1) is 0 Å². The minimum Gasteiger partial charge on any atom is -0.307 e. The van der Waals surface area contributed by atoms with E-state index in [1.54, 1.807) is 0 Å². The molecule has 1 fully saturated rings. The summed E-state index contributed by atoms with van der Waals surface area (Å²) in [5.74, 6) is 0.274. The number of Topliss-reactive ketones (excluding diaryl/α,β-unsaturated/α-hetero) is 1. The normalized spacial score (nSPS) is 19.9. The van der Waals surface area contributed by atoms with E-state index in [2.05, 4.69) is 10.4 Å². The molecule has 1 N–H and O–H groups in total. The zero-order chi connectivity index (χ0) is 13.9. The van der Waals surface area contributed by atoms with Crippen molar-refractivity contribution in [3.8, 4) is 0 Å². The van der Waals surface area contributed by atoms with Gasteiger partial charge in [0.05, 0.1) is 23.7 Å². The van der Waals surface area contributed by atoms with Crippen molar-refractivity contribution in [2.45, 2.75) is 38.1 Å². The van der Waals surface area contributed by atoms with Crippen LogP contribution in [0.3, 0.4) is 0 Å². The Hall–Kier alpha value is -1.68. The van der Waals surface area contributed by atoms with Crippen LogP contribution in [0.15, 0.2) is 24.3 Å². The first-order valence-corrected chi connectivity index (χ1v) is 7.42. The van der Waals surface area contributed by atoms with Crippen LogP contribution in [0.2, 0.25) is 0 Å². The number of aryl methyl sites for hydroxylation is 1. The number of nitrogens with zero attached hydrogens (tertiary/aromatic N) is 2. The average Bonchev–Trinajstić information content (AvgIpc) is 2.67. The minimum atomic E-state index is 0.0123. The highest BCUT2D eigenvalue weighted by Crippen LogP contribution is 2.19. The van der Waals surface area contributed by atoms with Gasteiger partial charge < -0.3 is 5.32 Å². The second kappa shape index (κ2) is 5.75. The van der Waals surface area contributed by atoms with E-state index in [-0.39, 0.29) is 11.8 Å². The number of hydrogen-bond acceptors (Lipinski definition) is 3. The molecule has 0 bridgehead atoms. The maximum atomic E-state index is 12.5. The van der Waals surface area contributed by atoms with Crippen molar-refractivity contribution < 1.29 is 4.79 Å². The molecule has 106 valence electrons. The zero-order valence-electron chi connectivity index (χ0n) is 11.9. The Morgan fingerprint density at radius 3 is 3.10 bits per heavy atom. The molecule has 4 nitrogen and oxygen atoms in total. The Balaban J connectivity index is 1.80. The Kier molecular flexibility index (Phi) is 3.83. The van der Waals surface area contributed by atoms with E-state index in [9.17, 15) is 4.79 Å². The minimum absolute atomic E-state index is 0.0123. The average molecular weight is 271 g/mol. The number of ketones is 1. The van der Waals surface area contributed by atoms with Crippen molar-refractivity contribution in [1.82, 2.24) is 15.1 Å². The van der Waals surface area contributed by atoms with Gasteiger partial charge in [0.15, 0.2) is 5.78 Å². The molecule has 1 saturated heterocycles. The largest absolute Gasteiger partial charge is 0.307 e. The number of fused-ring (bicyclic) bond motifs is 1. The van der Waals surface area contributed by atoms with Crippen molar-refractivity contribution in [2.24, 2.45) is 7.05 Å². The molecule has 1 aliphatic rings. The Morgan fingerprint density at radius 1 is 1.35 bits per heavy atom. The summed E-state index contributed by atoms with van der Waals surface area (Å²) in [5.41, 5.74) is 1.99. The summed E-state index contributed by atoms with van der Waals surface area (Å²) in [4.78, 5) is 12.5. The van der Waals surface area contributed by atoms with Crippen LogP contribution in [-0.2, 0) is 18.3 Å². The van der Waals surface area contributed by atoms with Crippen LogP contribution >= 0.6 is 0 Å². The molecular weight excluding hydrogens is 250 g/mol. The maximum Gasteiger partial charge on any atom is 0.155 e. The van der Waals surface area contributed by atoms with Gasteiger partial charge in [-0.2, -0.15) is 5.10 Å². The van der Waals surface area contributed by atoms with Gasteiger partial charge in [0.25, 0.3) is 0 Å². The van der Waals surface area contributed by atoms with E-state index in [1.807, 2.05) is 36.0 Å². The van der Waals surface area contributed by atoms with Gasteiger partial charge >= 0.3 is 0 Å². The summed E-state index contributed by atoms with van der Waals surface area (Å²) in [7, 11) is 1.93. The van der Waals surface area contributed by atoms with Crippen LogP contribution in [0.5, 0.6) is 0 Å². The first-order chi connectivity index (χ1) is 9.75. The molecule has 0 radical (unpaired) electrons. The maximum absolute atomic E-state index is 12.5. The van der Waals surface area contributed by atoms with Gasteiger partial charge in [0.1, 0.15) is 0 Å². The number of hydrogen-bond donors (Lipinski definition) is 1. The Morgan fingerprint density at radius 2 is 2.20 bits per heavy atom. The molecule has 1 aromatic carbocycles. The highest BCUT2D eigenvalue weighted by Gasteiger charge is 2.21. The second-order valence-corrected chi connectivity index (χ2v) is 5.59. The van der Waals surface area contributed by atoms with Crippen LogP contribution < -0.4 is 5.32 Å². The molecule has 3 rings (SSSR count). The van der Waals surface area contributed by atoms with Crippen molar-refractivity contribution in [1.29, 1.82) is 0 Å². The lowest BCUT2D eigenvalue weighted by atomic mass is 10.0. The monoisotopic (exact) mass is 271 g/mol. The highest BCUT2D eigenvalue weighted by molar-refractivity contribution is 5.91. The van der Waals surface area contributed by atoms with Gasteiger partial charge in [-0.15, -0.1) is 0 Å². The molecule has 1 aromatic heterocycles. The van der Waals surface area contributed by atoms with Crippen molar-refractivity contribution in [3.63, 3.8) is 0 Å². The van der Waals surface area contributed by atoms with E-state index in [0.717, 1.165) is 36.0 Å². The molecular formula is C16H21N3O. The van der Waals surface area contributed by atoms with Gasteiger partial charge in [-0.1, -0.05) is 31.0 Å². The predicted octanol–water partition coefficient (Wildman–Crippen LogP) is 2.22. The van der Waals surface area contributed by atoms with E-state index >= 15 is 0 Å². The molecule has 0 spiro atoms. The number of carbonyl (C=O) groups is 1. The van der Waals surface area contributed by atoms with Gasteiger partial charge in [-0.05, 0) is 25.5 Å². The van der Waals surface area contributed by atoms with Gasteiger partial charge in [-0.3, -0.25) is 9.48 Å². The summed E-state index contributed by atoms with van der Waals surface area (Å²) < 4.78 is 1.86. The summed E-state index contributed by atoms with van der Waals surface area (Å²) in [6.45, 7) is 0.958. The van der Waals surface area contributed by atoms with Crippen LogP contribution in [0.4, 0.5) is 0 Å². The molecule has 0 aliphatic carbocycles. The molecule has 2 aromatic rings. The summed E-state index contributed by atoms with van der Waals surface area (Å²) in [6.07, 6.45) is 4.94. The van der Waals surface area contributed by atoms with Crippen LogP contribution in [-0.4, -0.2) is 28.2 Å². The lowest BCUT2D eigenvalue weighted by Crippen LogP contribution is -2.37. The number of benzene rings is 1. The van der Waals surface area contributed by atoms with Gasteiger partial charge in [-0.25, -0.2) is 0 Å². The fourth-order valence-electron chi connectivity index (χ4n) is 3.01. The first kappa shape index (κ1) is 13.3. The molecule has 0 amide bonds. The van der Waals surface area contributed by atoms with Gasteiger partial charge in [0.2, 0.25) is 0 Å². The van der Waals surface area contributed by atoms with Gasteiger partial charge in [0, 0.05) is 12.4 Å². The first-order valence-electron chi connectivity index (χ1n) is 7.42. The highest BCUT2D eigenvalue weighted by atomic mass is 16.1.